The Morgan fingerprint density at radius 3 is 2.53 bits per heavy atom. The lowest BCUT2D eigenvalue weighted by atomic mass is 10.2. The second kappa shape index (κ2) is 4.37. The highest BCUT2D eigenvalue weighted by molar-refractivity contribution is 6.34. The molecule has 0 N–H and O–H groups in total. The van der Waals surface area contributed by atoms with Gasteiger partial charge in [0.15, 0.2) is 5.58 Å². The summed E-state index contributed by atoms with van der Waals surface area (Å²) in [6.07, 6.45) is 0. The molecule has 94 valence electrons. The van der Waals surface area contributed by atoms with Crippen LogP contribution in [0.5, 0.6) is 0 Å². The number of halogens is 1. The first-order chi connectivity index (χ1) is 9.15. The van der Waals surface area contributed by atoms with Crippen LogP contribution < -0.4 is 0 Å². The molecule has 0 bridgehead atoms. The SMILES string of the molecule is O=[N+]([O-])c1ccc(-c2nc3cccc(Cl)c3o2)cc1. The maximum atomic E-state index is 10.6. The van der Waals surface area contributed by atoms with Crippen LogP contribution in [0.1, 0.15) is 0 Å². The Labute approximate surface area is 112 Å². The lowest BCUT2D eigenvalue weighted by Crippen LogP contribution is -1.87. The molecule has 0 fully saturated rings. The summed E-state index contributed by atoms with van der Waals surface area (Å²) in [4.78, 5) is 14.4. The Morgan fingerprint density at radius 1 is 1.16 bits per heavy atom. The average molecular weight is 275 g/mol. The molecule has 0 saturated carbocycles. The average Bonchev–Trinajstić information content (AvgIpc) is 2.84. The van der Waals surface area contributed by atoms with Crippen molar-refractivity contribution in [2.75, 3.05) is 0 Å². The summed E-state index contributed by atoms with van der Waals surface area (Å²) in [6.45, 7) is 0. The predicted octanol–water partition coefficient (Wildman–Crippen LogP) is 4.06. The molecule has 0 spiro atoms. The van der Waals surface area contributed by atoms with Gasteiger partial charge in [0.05, 0.1) is 9.95 Å². The van der Waals surface area contributed by atoms with Gasteiger partial charge in [0.2, 0.25) is 5.89 Å². The van der Waals surface area contributed by atoms with E-state index in [1.165, 1.54) is 12.1 Å². The molecule has 0 radical (unpaired) electrons. The third-order valence-electron chi connectivity index (χ3n) is 2.69. The molecule has 0 unspecified atom stereocenters. The van der Waals surface area contributed by atoms with Crippen LogP contribution in [0.2, 0.25) is 5.02 Å². The number of rotatable bonds is 2. The fourth-order valence-electron chi connectivity index (χ4n) is 1.76. The van der Waals surface area contributed by atoms with E-state index in [-0.39, 0.29) is 5.69 Å². The van der Waals surface area contributed by atoms with E-state index in [4.69, 9.17) is 16.0 Å². The van der Waals surface area contributed by atoms with Gasteiger partial charge in [-0.1, -0.05) is 17.7 Å². The molecule has 0 aliphatic rings. The van der Waals surface area contributed by atoms with Crippen LogP contribution in [-0.2, 0) is 0 Å². The monoisotopic (exact) mass is 274 g/mol. The Morgan fingerprint density at radius 2 is 1.89 bits per heavy atom. The number of hydrogen-bond donors (Lipinski definition) is 0. The van der Waals surface area contributed by atoms with E-state index < -0.39 is 4.92 Å². The Kier molecular flexibility index (Phi) is 2.68. The zero-order chi connectivity index (χ0) is 13.4. The normalized spacial score (nSPS) is 10.8. The van der Waals surface area contributed by atoms with Crippen molar-refractivity contribution in [1.29, 1.82) is 0 Å². The molecule has 5 nitrogen and oxygen atoms in total. The van der Waals surface area contributed by atoms with Gasteiger partial charge in [-0.3, -0.25) is 10.1 Å². The lowest BCUT2D eigenvalue weighted by molar-refractivity contribution is -0.384. The van der Waals surface area contributed by atoms with Crippen molar-refractivity contribution >= 4 is 28.4 Å². The number of benzene rings is 2. The van der Waals surface area contributed by atoms with E-state index in [9.17, 15) is 10.1 Å². The molecular weight excluding hydrogens is 268 g/mol. The maximum Gasteiger partial charge on any atom is 0.269 e. The van der Waals surface area contributed by atoms with Crippen LogP contribution in [0.25, 0.3) is 22.6 Å². The molecule has 0 atom stereocenters. The second-order valence-electron chi connectivity index (χ2n) is 3.91. The Bertz CT molecular complexity index is 765. The van der Waals surface area contributed by atoms with Crippen molar-refractivity contribution in [1.82, 2.24) is 4.98 Å². The van der Waals surface area contributed by atoms with Crippen molar-refractivity contribution < 1.29 is 9.34 Å². The van der Waals surface area contributed by atoms with E-state index in [0.717, 1.165) is 0 Å². The van der Waals surface area contributed by atoms with E-state index in [0.29, 0.717) is 27.6 Å². The van der Waals surface area contributed by atoms with Crippen LogP contribution >= 0.6 is 11.6 Å². The Hall–Kier alpha value is -2.40. The quantitative estimate of drug-likeness (QED) is 0.522. The topological polar surface area (TPSA) is 69.2 Å². The number of oxazole rings is 1. The molecule has 3 rings (SSSR count). The number of hydrogen-bond acceptors (Lipinski definition) is 4. The summed E-state index contributed by atoms with van der Waals surface area (Å²) in [6, 6.07) is 11.3. The number of nitro groups is 1. The third-order valence-corrected chi connectivity index (χ3v) is 2.99. The van der Waals surface area contributed by atoms with Crippen LogP contribution in [0.3, 0.4) is 0 Å². The highest BCUT2D eigenvalue weighted by Crippen LogP contribution is 2.29. The molecule has 19 heavy (non-hydrogen) atoms. The van der Waals surface area contributed by atoms with Crippen molar-refractivity contribution in [3.63, 3.8) is 0 Å². The smallest absolute Gasteiger partial charge is 0.269 e. The van der Waals surface area contributed by atoms with Gasteiger partial charge in [-0.15, -0.1) is 0 Å². The van der Waals surface area contributed by atoms with E-state index in [1.807, 2.05) is 0 Å². The molecular formula is C13H7ClN2O3. The zero-order valence-corrected chi connectivity index (χ0v) is 10.3. The minimum atomic E-state index is -0.452. The summed E-state index contributed by atoms with van der Waals surface area (Å²) in [7, 11) is 0. The van der Waals surface area contributed by atoms with Crippen molar-refractivity contribution in [3.8, 4) is 11.5 Å². The molecule has 1 heterocycles. The molecule has 2 aromatic carbocycles. The van der Waals surface area contributed by atoms with E-state index in [1.54, 1.807) is 30.3 Å². The van der Waals surface area contributed by atoms with Crippen molar-refractivity contribution in [2.45, 2.75) is 0 Å². The lowest BCUT2D eigenvalue weighted by Gasteiger charge is -1.94. The highest BCUT2D eigenvalue weighted by atomic mass is 35.5. The number of aromatic nitrogens is 1. The summed E-state index contributed by atoms with van der Waals surface area (Å²) < 4.78 is 5.57. The van der Waals surface area contributed by atoms with Crippen LogP contribution in [0, 0.1) is 10.1 Å². The molecule has 0 saturated heterocycles. The van der Waals surface area contributed by atoms with E-state index in [2.05, 4.69) is 4.98 Å². The molecule has 1 aromatic heterocycles. The fourth-order valence-corrected chi connectivity index (χ4v) is 1.97. The number of nitrogens with zero attached hydrogens (tertiary/aromatic N) is 2. The largest absolute Gasteiger partial charge is 0.435 e. The van der Waals surface area contributed by atoms with Gasteiger partial charge in [0.1, 0.15) is 5.52 Å². The summed E-state index contributed by atoms with van der Waals surface area (Å²) >= 11 is 6.00. The van der Waals surface area contributed by atoms with Crippen molar-refractivity contribution in [2.24, 2.45) is 0 Å². The van der Waals surface area contributed by atoms with Gasteiger partial charge in [-0.05, 0) is 24.3 Å². The maximum absolute atomic E-state index is 10.6. The fraction of sp³-hybridized carbons (Fsp3) is 0. The molecule has 6 heteroatoms. The first-order valence-corrected chi connectivity index (χ1v) is 5.83. The van der Waals surface area contributed by atoms with Crippen molar-refractivity contribution in [3.05, 3.63) is 57.6 Å². The van der Waals surface area contributed by atoms with E-state index >= 15 is 0 Å². The molecule has 0 aliphatic heterocycles. The first-order valence-electron chi connectivity index (χ1n) is 5.45. The standard InChI is InChI=1S/C13H7ClN2O3/c14-10-2-1-3-11-12(10)19-13(15-11)8-4-6-9(7-5-8)16(17)18/h1-7H. The van der Waals surface area contributed by atoms with Crippen LogP contribution in [-0.4, -0.2) is 9.91 Å². The van der Waals surface area contributed by atoms with Crippen LogP contribution in [0.4, 0.5) is 5.69 Å². The summed E-state index contributed by atoms with van der Waals surface area (Å²) in [5, 5.41) is 11.1. The van der Waals surface area contributed by atoms with Gasteiger partial charge >= 0.3 is 0 Å². The minimum absolute atomic E-state index is 0.0258. The number of nitro benzene ring substituents is 1. The van der Waals surface area contributed by atoms with Crippen LogP contribution in [0.15, 0.2) is 46.9 Å². The minimum Gasteiger partial charge on any atom is -0.435 e. The summed E-state index contributed by atoms with van der Waals surface area (Å²) in [5.41, 5.74) is 1.86. The number of fused-ring (bicyclic) bond motifs is 1. The number of para-hydroxylation sites is 1. The zero-order valence-electron chi connectivity index (χ0n) is 9.54. The predicted molar refractivity (Wildman–Crippen MR) is 71.1 cm³/mol. The van der Waals surface area contributed by atoms with Gasteiger partial charge in [-0.2, -0.15) is 0 Å². The Balaban J connectivity index is 2.09. The molecule has 0 aliphatic carbocycles. The van der Waals surface area contributed by atoms with Gasteiger partial charge in [0, 0.05) is 17.7 Å². The highest BCUT2D eigenvalue weighted by Gasteiger charge is 2.12. The summed E-state index contributed by atoms with van der Waals surface area (Å²) in [5.74, 6) is 0.387. The second-order valence-corrected chi connectivity index (χ2v) is 4.32. The first kappa shape index (κ1) is 11.7. The number of non-ortho nitro benzene ring substituents is 1. The van der Waals surface area contributed by atoms with Gasteiger partial charge < -0.3 is 4.42 Å². The molecule has 0 amide bonds. The third kappa shape index (κ3) is 2.04. The van der Waals surface area contributed by atoms with Gasteiger partial charge in [-0.25, -0.2) is 4.98 Å². The van der Waals surface area contributed by atoms with Gasteiger partial charge in [0.25, 0.3) is 5.69 Å². The molecule has 3 aromatic rings.